The molecule has 1 N–H and O–H groups in total. The summed E-state index contributed by atoms with van der Waals surface area (Å²) in [5, 5.41) is 2.73. The largest absolute Gasteiger partial charge is 0.405 e. The molecule has 0 atom stereocenters. The predicted octanol–water partition coefficient (Wildman–Crippen LogP) is 3.34. The molecule has 4 nitrogen and oxygen atoms in total. The summed E-state index contributed by atoms with van der Waals surface area (Å²) in [6.07, 6.45) is -4.53. The molecule has 0 fully saturated rings. The summed E-state index contributed by atoms with van der Waals surface area (Å²) in [6, 6.07) is 17.0. The monoisotopic (exact) mass is 360 g/mol. The fraction of sp³-hybridized carbons (Fsp3) is 0.158. The first-order valence-electron chi connectivity index (χ1n) is 7.86. The SMILES string of the molecule is O=C(NCC(F)(F)F)c1cc2ccccc2c(=O)n1Cc1ccccc1. The van der Waals surface area contributed by atoms with Gasteiger partial charge in [0.05, 0.1) is 6.54 Å². The zero-order valence-electron chi connectivity index (χ0n) is 13.6. The molecule has 134 valence electrons. The molecule has 26 heavy (non-hydrogen) atoms. The molecule has 0 saturated heterocycles. The Morgan fingerprint density at radius 3 is 2.35 bits per heavy atom. The highest BCUT2D eigenvalue weighted by atomic mass is 19.4. The van der Waals surface area contributed by atoms with Crippen LogP contribution in [0.15, 0.2) is 65.5 Å². The summed E-state index contributed by atoms with van der Waals surface area (Å²) in [4.78, 5) is 25.1. The molecule has 0 bridgehead atoms. The van der Waals surface area contributed by atoms with Gasteiger partial charge in [-0.25, -0.2) is 0 Å². The molecule has 0 unspecified atom stereocenters. The lowest BCUT2D eigenvalue weighted by molar-refractivity contribution is -0.123. The quantitative estimate of drug-likeness (QED) is 0.776. The minimum absolute atomic E-state index is 0.0826. The minimum atomic E-state index is -4.53. The smallest absolute Gasteiger partial charge is 0.342 e. The molecule has 3 aromatic rings. The van der Waals surface area contributed by atoms with Crippen molar-refractivity contribution < 1.29 is 18.0 Å². The summed E-state index contributed by atoms with van der Waals surface area (Å²) in [6.45, 7) is -1.38. The van der Waals surface area contributed by atoms with Gasteiger partial charge in [-0.1, -0.05) is 48.5 Å². The first kappa shape index (κ1) is 17.7. The molecule has 1 amide bonds. The van der Waals surface area contributed by atoms with Crippen molar-refractivity contribution in [2.24, 2.45) is 0 Å². The summed E-state index contributed by atoms with van der Waals surface area (Å²) in [5.41, 5.74) is 0.223. The van der Waals surface area contributed by atoms with Crippen LogP contribution in [0.1, 0.15) is 16.1 Å². The topological polar surface area (TPSA) is 51.1 Å². The van der Waals surface area contributed by atoms with Gasteiger partial charge in [-0.3, -0.25) is 14.2 Å². The second-order valence-electron chi connectivity index (χ2n) is 5.79. The zero-order chi connectivity index (χ0) is 18.7. The number of amides is 1. The Labute approximate surface area is 146 Å². The van der Waals surface area contributed by atoms with E-state index in [1.165, 1.54) is 10.6 Å². The third-order valence-corrected chi connectivity index (χ3v) is 3.88. The lowest BCUT2D eigenvalue weighted by atomic mass is 10.1. The molecule has 0 saturated carbocycles. The van der Waals surface area contributed by atoms with Crippen molar-refractivity contribution in [3.8, 4) is 0 Å². The van der Waals surface area contributed by atoms with Gasteiger partial charge in [0.25, 0.3) is 11.5 Å². The molecule has 3 rings (SSSR count). The summed E-state index contributed by atoms with van der Waals surface area (Å²) in [5.74, 6) is -0.943. The number of rotatable bonds is 4. The van der Waals surface area contributed by atoms with E-state index in [0.717, 1.165) is 5.56 Å². The molecule has 2 aromatic carbocycles. The zero-order valence-corrected chi connectivity index (χ0v) is 13.6. The second-order valence-corrected chi connectivity index (χ2v) is 5.79. The number of hydrogen-bond acceptors (Lipinski definition) is 2. The number of hydrogen-bond donors (Lipinski definition) is 1. The number of aromatic nitrogens is 1. The van der Waals surface area contributed by atoms with Crippen molar-refractivity contribution in [3.63, 3.8) is 0 Å². The van der Waals surface area contributed by atoms with Gasteiger partial charge >= 0.3 is 6.18 Å². The van der Waals surface area contributed by atoms with E-state index >= 15 is 0 Å². The van der Waals surface area contributed by atoms with Crippen LogP contribution in [0.4, 0.5) is 13.2 Å². The number of fused-ring (bicyclic) bond motifs is 1. The normalized spacial score (nSPS) is 11.5. The number of carbonyl (C=O) groups excluding carboxylic acids is 1. The average Bonchev–Trinajstić information content (AvgIpc) is 2.62. The number of carbonyl (C=O) groups is 1. The van der Waals surface area contributed by atoms with Crippen molar-refractivity contribution in [1.29, 1.82) is 0 Å². The average molecular weight is 360 g/mol. The molecule has 0 aliphatic rings. The first-order chi connectivity index (χ1) is 12.3. The molecule has 1 heterocycles. The van der Waals surface area contributed by atoms with Crippen LogP contribution < -0.4 is 10.9 Å². The van der Waals surface area contributed by atoms with E-state index in [4.69, 9.17) is 0 Å². The van der Waals surface area contributed by atoms with Crippen molar-refractivity contribution in [1.82, 2.24) is 9.88 Å². The van der Waals surface area contributed by atoms with Crippen LogP contribution in [0.5, 0.6) is 0 Å². The van der Waals surface area contributed by atoms with Crippen molar-refractivity contribution in [3.05, 3.63) is 82.3 Å². The van der Waals surface area contributed by atoms with Crippen LogP contribution in [-0.2, 0) is 6.54 Å². The van der Waals surface area contributed by atoms with E-state index in [-0.39, 0.29) is 12.2 Å². The van der Waals surface area contributed by atoms with Crippen molar-refractivity contribution in [2.45, 2.75) is 12.7 Å². The van der Waals surface area contributed by atoms with Crippen molar-refractivity contribution in [2.75, 3.05) is 6.54 Å². The molecular formula is C19H15F3N2O2. The predicted molar refractivity (Wildman–Crippen MR) is 92.1 cm³/mol. The molecule has 0 aliphatic carbocycles. The standard InChI is InChI=1S/C19H15F3N2O2/c20-19(21,22)12-23-17(25)16-10-14-8-4-5-9-15(14)18(26)24(16)11-13-6-2-1-3-7-13/h1-10H,11-12H2,(H,23,25). The Morgan fingerprint density at radius 1 is 1.00 bits per heavy atom. The molecular weight excluding hydrogens is 345 g/mol. The number of nitrogens with one attached hydrogen (secondary N) is 1. The highest BCUT2D eigenvalue weighted by Gasteiger charge is 2.28. The van der Waals surface area contributed by atoms with Crippen LogP contribution in [0, 0.1) is 0 Å². The number of pyridine rings is 1. The van der Waals surface area contributed by atoms with Gasteiger partial charge in [-0.2, -0.15) is 13.2 Å². The van der Waals surface area contributed by atoms with Gasteiger partial charge < -0.3 is 5.32 Å². The Hall–Kier alpha value is -3.09. The van der Waals surface area contributed by atoms with E-state index in [0.29, 0.717) is 10.8 Å². The van der Waals surface area contributed by atoms with Gasteiger partial charge in [0.1, 0.15) is 12.2 Å². The van der Waals surface area contributed by atoms with E-state index in [1.807, 2.05) is 11.4 Å². The molecule has 7 heteroatoms. The third kappa shape index (κ3) is 3.93. The van der Waals surface area contributed by atoms with E-state index in [1.54, 1.807) is 48.5 Å². The molecule has 1 aromatic heterocycles. The maximum Gasteiger partial charge on any atom is 0.405 e. The number of benzene rings is 2. The van der Waals surface area contributed by atoms with Gasteiger partial charge in [-0.15, -0.1) is 0 Å². The Balaban J connectivity index is 2.08. The number of alkyl halides is 3. The Morgan fingerprint density at radius 2 is 1.65 bits per heavy atom. The summed E-state index contributed by atoms with van der Waals surface area (Å²) < 4.78 is 38.5. The van der Waals surface area contributed by atoms with Gasteiger partial charge in [0.2, 0.25) is 0 Å². The van der Waals surface area contributed by atoms with Gasteiger partial charge in [-0.05, 0) is 23.1 Å². The van der Waals surface area contributed by atoms with Gasteiger partial charge in [0.15, 0.2) is 0 Å². The Bertz CT molecular complexity index is 995. The maximum absolute atomic E-state index is 12.8. The lowest BCUT2D eigenvalue weighted by Gasteiger charge is -2.15. The molecule has 0 spiro atoms. The fourth-order valence-electron chi connectivity index (χ4n) is 2.68. The lowest BCUT2D eigenvalue weighted by Crippen LogP contribution is -2.37. The molecule has 0 aliphatic heterocycles. The second kappa shape index (κ2) is 7.03. The van der Waals surface area contributed by atoms with Crippen LogP contribution >= 0.6 is 0 Å². The summed E-state index contributed by atoms with van der Waals surface area (Å²) >= 11 is 0. The fourth-order valence-corrected chi connectivity index (χ4v) is 2.68. The third-order valence-electron chi connectivity index (χ3n) is 3.88. The van der Waals surface area contributed by atoms with Gasteiger partial charge in [0, 0.05) is 5.39 Å². The first-order valence-corrected chi connectivity index (χ1v) is 7.86. The van der Waals surface area contributed by atoms with E-state index < -0.39 is 24.2 Å². The van der Waals surface area contributed by atoms with E-state index in [9.17, 15) is 22.8 Å². The van der Waals surface area contributed by atoms with Crippen LogP contribution in [0.3, 0.4) is 0 Å². The maximum atomic E-state index is 12.8. The van der Waals surface area contributed by atoms with Crippen molar-refractivity contribution >= 4 is 16.7 Å². The highest BCUT2D eigenvalue weighted by molar-refractivity contribution is 5.96. The Kier molecular flexibility index (Phi) is 4.79. The number of nitrogens with zero attached hydrogens (tertiary/aromatic N) is 1. The highest BCUT2D eigenvalue weighted by Crippen LogP contribution is 2.16. The van der Waals surface area contributed by atoms with Crippen LogP contribution in [0.25, 0.3) is 10.8 Å². The van der Waals surface area contributed by atoms with Crippen LogP contribution in [-0.4, -0.2) is 23.2 Å². The number of halogens is 3. The van der Waals surface area contributed by atoms with Crippen LogP contribution in [0.2, 0.25) is 0 Å². The summed E-state index contributed by atoms with van der Waals surface area (Å²) in [7, 11) is 0. The minimum Gasteiger partial charge on any atom is -0.342 e. The molecule has 0 radical (unpaired) electrons. The van der Waals surface area contributed by atoms with E-state index in [2.05, 4.69) is 0 Å².